The highest BCUT2D eigenvalue weighted by molar-refractivity contribution is 7.89. The molecule has 8 nitrogen and oxygen atoms in total. The van der Waals surface area contributed by atoms with Crippen LogP contribution >= 0.6 is 0 Å². The molecule has 0 atom stereocenters. The van der Waals surface area contributed by atoms with E-state index in [2.05, 4.69) is 19.8 Å². The predicted molar refractivity (Wildman–Crippen MR) is 76.7 cm³/mol. The average molecular weight is 310 g/mol. The molecule has 0 fully saturated rings. The average Bonchev–Trinajstić information content (AvgIpc) is 2.94. The van der Waals surface area contributed by atoms with Crippen LogP contribution < -0.4 is 10.5 Å². The van der Waals surface area contributed by atoms with Crippen molar-refractivity contribution in [3.05, 3.63) is 36.2 Å². The van der Waals surface area contributed by atoms with Gasteiger partial charge in [0.05, 0.1) is 30.3 Å². The van der Waals surface area contributed by atoms with Crippen molar-refractivity contribution in [3.63, 3.8) is 0 Å². The van der Waals surface area contributed by atoms with Crippen LogP contribution in [0.25, 0.3) is 0 Å². The van der Waals surface area contributed by atoms with Gasteiger partial charge in [-0.25, -0.2) is 13.1 Å². The van der Waals surface area contributed by atoms with Crippen LogP contribution in [-0.4, -0.2) is 34.7 Å². The summed E-state index contributed by atoms with van der Waals surface area (Å²) in [5.41, 5.74) is 6.74. The number of nitrogens with zero attached hydrogens (tertiary/aromatic N) is 4. The van der Waals surface area contributed by atoms with Crippen molar-refractivity contribution in [1.82, 2.24) is 24.5 Å². The van der Waals surface area contributed by atoms with Crippen molar-refractivity contribution in [2.24, 2.45) is 5.73 Å². The van der Waals surface area contributed by atoms with Gasteiger partial charge in [0.2, 0.25) is 10.0 Å². The van der Waals surface area contributed by atoms with Gasteiger partial charge in [-0.2, -0.15) is 5.10 Å². The van der Waals surface area contributed by atoms with E-state index < -0.39 is 10.0 Å². The van der Waals surface area contributed by atoms with Crippen molar-refractivity contribution in [3.8, 4) is 0 Å². The molecule has 0 amide bonds. The van der Waals surface area contributed by atoms with Gasteiger partial charge >= 0.3 is 0 Å². The van der Waals surface area contributed by atoms with Gasteiger partial charge in [0.1, 0.15) is 4.90 Å². The summed E-state index contributed by atoms with van der Waals surface area (Å²) in [5, 5.41) is 4.00. The van der Waals surface area contributed by atoms with E-state index in [9.17, 15) is 8.42 Å². The molecular formula is C12H18N6O2S. The summed E-state index contributed by atoms with van der Waals surface area (Å²) in [4.78, 5) is 8.29. The Morgan fingerprint density at radius 1 is 1.29 bits per heavy atom. The third-order valence-electron chi connectivity index (χ3n) is 2.79. The Kier molecular flexibility index (Phi) is 4.99. The van der Waals surface area contributed by atoms with Crippen LogP contribution in [0.2, 0.25) is 0 Å². The van der Waals surface area contributed by atoms with Crippen LogP contribution in [0.3, 0.4) is 0 Å². The third-order valence-corrected chi connectivity index (χ3v) is 4.14. The first kappa shape index (κ1) is 15.5. The molecule has 0 bridgehead atoms. The molecule has 2 aromatic rings. The molecule has 9 heteroatoms. The van der Waals surface area contributed by atoms with Crippen molar-refractivity contribution in [1.29, 1.82) is 0 Å². The summed E-state index contributed by atoms with van der Waals surface area (Å²) in [6, 6.07) is 0. The third kappa shape index (κ3) is 4.31. The van der Waals surface area contributed by atoms with Gasteiger partial charge in [-0.05, 0) is 19.9 Å². The maximum absolute atomic E-state index is 12.1. The second-order valence-corrected chi connectivity index (χ2v) is 6.32. The van der Waals surface area contributed by atoms with Crippen LogP contribution in [0, 0.1) is 6.92 Å². The molecule has 0 saturated heterocycles. The van der Waals surface area contributed by atoms with Crippen molar-refractivity contribution < 1.29 is 8.42 Å². The zero-order valence-electron chi connectivity index (χ0n) is 11.7. The molecule has 0 aliphatic rings. The van der Waals surface area contributed by atoms with Crippen LogP contribution in [0.15, 0.2) is 29.7 Å². The Labute approximate surface area is 123 Å². The molecule has 21 heavy (non-hydrogen) atoms. The first-order chi connectivity index (χ1) is 10.0. The molecule has 0 spiro atoms. The fourth-order valence-electron chi connectivity index (χ4n) is 1.62. The number of aryl methyl sites for hydroxylation is 2. The zero-order chi connectivity index (χ0) is 15.3. The number of sulfonamides is 1. The maximum Gasteiger partial charge on any atom is 0.244 e. The zero-order valence-corrected chi connectivity index (χ0v) is 12.5. The molecule has 0 aliphatic heterocycles. The van der Waals surface area contributed by atoms with Crippen LogP contribution in [-0.2, 0) is 23.1 Å². The fraction of sp³-hybridized carbons (Fsp3) is 0.417. The Bertz CT molecular complexity index is 680. The lowest BCUT2D eigenvalue weighted by molar-refractivity contribution is 0.575. The van der Waals surface area contributed by atoms with E-state index in [1.54, 1.807) is 17.1 Å². The number of hydrogen-bond acceptors (Lipinski definition) is 6. The van der Waals surface area contributed by atoms with Crippen LogP contribution in [0.1, 0.15) is 17.8 Å². The van der Waals surface area contributed by atoms with Gasteiger partial charge in [-0.1, -0.05) is 0 Å². The summed E-state index contributed by atoms with van der Waals surface area (Å²) in [5.74, 6) is 0. The molecule has 0 radical (unpaired) electrons. The summed E-state index contributed by atoms with van der Waals surface area (Å²) in [6.45, 7) is 3.03. The first-order valence-electron chi connectivity index (χ1n) is 6.51. The summed E-state index contributed by atoms with van der Waals surface area (Å²) in [7, 11) is -3.61. The van der Waals surface area contributed by atoms with Crippen molar-refractivity contribution in [2.75, 3.05) is 6.54 Å². The topological polar surface area (TPSA) is 116 Å². The predicted octanol–water partition coefficient (Wildman–Crippen LogP) is -0.191. The number of hydrogen-bond donors (Lipinski definition) is 2. The lowest BCUT2D eigenvalue weighted by Gasteiger charge is -2.04. The minimum absolute atomic E-state index is 0.0869. The van der Waals surface area contributed by atoms with Gasteiger partial charge in [0, 0.05) is 18.9 Å². The Morgan fingerprint density at radius 2 is 2.10 bits per heavy atom. The molecule has 0 aliphatic carbocycles. The largest absolute Gasteiger partial charge is 0.330 e. The highest BCUT2D eigenvalue weighted by Gasteiger charge is 2.16. The minimum Gasteiger partial charge on any atom is -0.330 e. The molecule has 0 unspecified atom stereocenters. The van der Waals surface area contributed by atoms with E-state index in [1.807, 2.05) is 6.92 Å². The monoisotopic (exact) mass is 310 g/mol. The summed E-state index contributed by atoms with van der Waals surface area (Å²) in [6.07, 6.45) is 6.68. The van der Waals surface area contributed by atoms with E-state index in [0.29, 0.717) is 18.8 Å². The molecular weight excluding hydrogens is 292 g/mol. The van der Waals surface area contributed by atoms with Crippen LogP contribution in [0.5, 0.6) is 0 Å². The maximum atomic E-state index is 12.1. The number of nitrogens with one attached hydrogen (secondary N) is 1. The molecule has 3 N–H and O–H groups in total. The molecule has 2 rings (SSSR count). The molecule has 114 valence electrons. The SMILES string of the molecule is Cc1cnc(CNS(=O)(=O)c2cnn(CCCN)c2)cn1. The normalized spacial score (nSPS) is 11.7. The molecule has 0 aromatic carbocycles. The van der Waals surface area contributed by atoms with E-state index in [0.717, 1.165) is 12.1 Å². The van der Waals surface area contributed by atoms with Crippen molar-refractivity contribution >= 4 is 10.0 Å². The first-order valence-corrected chi connectivity index (χ1v) is 7.99. The van der Waals surface area contributed by atoms with Gasteiger partial charge < -0.3 is 5.73 Å². The van der Waals surface area contributed by atoms with Gasteiger partial charge in [-0.15, -0.1) is 0 Å². The smallest absolute Gasteiger partial charge is 0.244 e. The number of nitrogens with two attached hydrogens (primary N) is 1. The lowest BCUT2D eigenvalue weighted by Crippen LogP contribution is -2.23. The van der Waals surface area contributed by atoms with E-state index >= 15 is 0 Å². The van der Waals surface area contributed by atoms with Gasteiger partial charge in [0.25, 0.3) is 0 Å². The molecule has 2 aromatic heterocycles. The second kappa shape index (κ2) is 6.74. The van der Waals surface area contributed by atoms with Crippen LogP contribution in [0.4, 0.5) is 0 Å². The number of rotatable bonds is 7. The summed E-state index contributed by atoms with van der Waals surface area (Å²) < 4.78 is 28.3. The Hall–Kier alpha value is -1.84. The lowest BCUT2D eigenvalue weighted by atomic mass is 10.4. The highest BCUT2D eigenvalue weighted by Crippen LogP contribution is 2.08. The second-order valence-electron chi connectivity index (χ2n) is 4.56. The van der Waals surface area contributed by atoms with Gasteiger partial charge in [-0.3, -0.25) is 14.6 Å². The fourth-order valence-corrected chi connectivity index (χ4v) is 2.57. The Balaban J connectivity index is 2.00. The standard InChI is InChI=1S/C12H18N6O2S/c1-10-5-15-11(6-14-10)7-17-21(19,20)12-8-16-18(9-12)4-2-3-13/h5-6,8-9,17H,2-4,7,13H2,1H3. The quantitative estimate of drug-likeness (QED) is 0.732. The van der Waals surface area contributed by atoms with Gasteiger partial charge in [0.15, 0.2) is 0 Å². The molecule has 0 saturated carbocycles. The molecule has 2 heterocycles. The Morgan fingerprint density at radius 3 is 2.76 bits per heavy atom. The van der Waals surface area contributed by atoms with Crippen molar-refractivity contribution in [2.45, 2.75) is 31.3 Å². The van der Waals surface area contributed by atoms with E-state index in [4.69, 9.17) is 5.73 Å². The van der Waals surface area contributed by atoms with E-state index in [-0.39, 0.29) is 11.4 Å². The summed E-state index contributed by atoms with van der Waals surface area (Å²) >= 11 is 0. The van der Waals surface area contributed by atoms with E-state index in [1.165, 1.54) is 12.4 Å². The highest BCUT2D eigenvalue weighted by atomic mass is 32.2. The minimum atomic E-state index is -3.61. The number of aromatic nitrogens is 4.